The molecule has 5 nitrogen and oxygen atoms in total. The number of fused-ring (bicyclic) bond motifs is 1. The van der Waals surface area contributed by atoms with Crippen LogP contribution in [0.5, 0.6) is 0 Å². The number of nitrogens with one attached hydrogen (secondary N) is 1. The number of carbonyl (C=O) groups is 2. The molecule has 1 aromatic carbocycles. The van der Waals surface area contributed by atoms with Gasteiger partial charge in [-0.1, -0.05) is 31.2 Å². The van der Waals surface area contributed by atoms with E-state index in [0.29, 0.717) is 12.6 Å². The molecule has 1 unspecified atom stereocenters. The number of carbonyl (C=O) groups excluding carboxylic acids is 2. The molecule has 3 rings (SSSR count). The van der Waals surface area contributed by atoms with Crippen molar-refractivity contribution in [3.63, 3.8) is 0 Å². The van der Waals surface area contributed by atoms with Gasteiger partial charge in [-0.2, -0.15) is 0 Å². The minimum atomic E-state index is -0.0905. The van der Waals surface area contributed by atoms with E-state index in [2.05, 4.69) is 24.4 Å². The van der Waals surface area contributed by atoms with Crippen LogP contribution in [-0.2, 0) is 17.8 Å². The second-order valence-electron chi connectivity index (χ2n) is 6.74. The van der Waals surface area contributed by atoms with Gasteiger partial charge < -0.3 is 15.1 Å². The molecule has 1 atom stereocenters. The van der Waals surface area contributed by atoms with Gasteiger partial charge >= 0.3 is 6.03 Å². The van der Waals surface area contributed by atoms with Crippen LogP contribution in [0.4, 0.5) is 4.79 Å². The van der Waals surface area contributed by atoms with Crippen LogP contribution >= 0.6 is 0 Å². The second kappa shape index (κ2) is 7.69. The maximum atomic E-state index is 12.4. The van der Waals surface area contributed by atoms with Gasteiger partial charge in [-0.05, 0) is 43.2 Å². The molecule has 0 radical (unpaired) electrons. The summed E-state index contributed by atoms with van der Waals surface area (Å²) in [5.41, 5.74) is 2.54. The Kier molecular flexibility index (Phi) is 5.38. The fourth-order valence-electron chi connectivity index (χ4n) is 3.77. The molecule has 1 fully saturated rings. The first-order chi connectivity index (χ1) is 11.7. The van der Waals surface area contributed by atoms with Crippen LogP contribution in [0.15, 0.2) is 24.3 Å². The number of amides is 3. The smallest absolute Gasteiger partial charge is 0.318 e. The van der Waals surface area contributed by atoms with Gasteiger partial charge in [-0.15, -0.1) is 0 Å². The third-order valence-electron chi connectivity index (χ3n) is 5.23. The standard InChI is InChI=1S/C19H27N3O2/c1-2-17-9-5-6-11-22(17)19(24)20-13-18(23)21-12-10-15-7-3-4-8-16(15)14-21/h3-4,7-8,17H,2,5-6,9-14H2,1H3,(H,20,24). The Morgan fingerprint density at radius 3 is 2.75 bits per heavy atom. The topological polar surface area (TPSA) is 52.7 Å². The highest BCUT2D eigenvalue weighted by molar-refractivity contribution is 5.84. The largest absolute Gasteiger partial charge is 0.336 e. The zero-order valence-electron chi connectivity index (χ0n) is 14.5. The number of likely N-dealkylation sites (tertiary alicyclic amines) is 1. The average molecular weight is 329 g/mol. The zero-order valence-corrected chi connectivity index (χ0v) is 14.5. The van der Waals surface area contributed by atoms with E-state index >= 15 is 0 Å². The number of nitrogens with zero attached hydrogens (tertiary/aromatic N) is 2. The number of rotatable bonds is 3. The van der Waals surface area contributed by atoms with Crippen molar-refractivity contribution in [2.45, 2.75) is 51.6 Å². The van der Waals surface area contributed by atoms with E-state index in [1.807, 2.05) is 21.9 Å². The van der Waals surface area contributed by atoms with Gasteiger partial charge in [0.2, 0.25) is 5.91 Å². The molecule has 5 heteroatoms. The van der Waals surface area contributed by atoms with Crippen LogP contribution in [0.3, 0.4) is 0 Å². The molecule has 1 aromatic rings. The third-order valence-corrected chi connectivity index (χ3v) is 5.23. The molecule has 3 amide bonds. The quantitative estimate of drug-likeness (QED) is 0.926. The van der Waals surface area contributed by atoms with Crippen LogP contribution in [0, 0.1) is 0 Å². The molecule has 0 aromatic heterocycles. The Balaban J connectivity index is 1.51. The first-order valence-corrected chi connectivity index (χ1v) is 9.08. The summed E-state index contributed by atoms with van der Waals surface area (Å²) in [5.74, 6) is 0.00270. The molecular formula is C19H27N3O2. The molecule has 1 N–H and O–H groups in total. The van der Waals surface area contributed by atoms with E-state index < -0.39 is 0 Å². The molecule has 0 saturated carbocycles. The summed E-state index contributed by atoms with van der Waals surface area (Å²) < 4.78 is 0. The van der Waals surface area contributed by atoms with E-state index in [4.69, 9.17) is 0 Å². The van der Waals surface area contributed by atoms with Crippen molar-refractivity contribution in [3.8, 4) is 0 Å². The monoisotopic (exact) mass is 329 g/mol. The van der Waals surface area contributed by atoms with E-state index in [1.54, 1.807) is 0 Å². The molecule has 2 heterocycles. The lowest BCUT2D eigenvalue weighted by molar-refractivity contribution is -0.131. The van der Waals surface area contributed by atoms with Gasteiger partial charge in [0.15, 0.2) is 0 Å². The maximum Gasteiger partial charge on any atom is 0.318 e. The highest BCUT2D eigenvalue weighted by Crippen LogP contribution is 2.20. The van der Waals surface area contributed by atoms with Gasteiger partial charge in [0.25, 0.3) is 0 Å². The molecule has 130 valence electrons. The summed E-state index contributed by atoms with van der Waals surface area (Å²) >= 11 is 0. The SMILES string of the molecule is CCC1CCCCN1C(=O)NCC(=O)N1CCc2ccccc2C1. The van der Waals surface area contributed by atoms with Crippen LogP contribution < -0.4 is 5.32 Å². The van der Waals surface area contributed by atoms with Crippen molar-refractivity contribution in [1.29, 1.82) is 0 Å². The third kappa shape index (κ3) is 3.71. The highest BCUT2D eigenvalue weighted by Gasteiger charge is 2.26. The van der Waals surface area contributed by atoms with E-state index in [-0.39, 0.29) is 18.5 Å². The number of urea groups is 1. The van der Waals surface area contributed by atoms with Gasteiger partial charge in [-0.25, -0.2) is 4.79 Å². The van der Waals surface area contributed by atoms with Crippen LogP contribution in [0.2, 0.25) is 0 Å². The summed E-state index contributed by atoms with van der Waals surface area (Å²) in [6.45, 7) is 4.38. The van der Waals surface area contributed by atoms with Crippen molar-refractivity contribution in [2.75, 3.05) is 19.6 Å². The number of hydrogen-bond donors (Lipinski definition) is 1. The van der Waals surface area contributed by atoms with E-state index in [9.17, 15) is 9.59 Å². The number of piperidine rings is 1. The molecule has 0 bridgehead atoms. The first-order valence-electron chi connectivity index (χ1n) is 9.08. The fourth-order valence-corrected chi connectivity index (χ4v) is 3.77. The number of benzene rings is 1. The maximum absolute atomic E-state index is 12.4. The Bertz CT molecular complexity index is 602. The van der Waals surface area contributed by atoms with Crippen molar-refractivity contribution in [2.24, 2.45) is 0 Å². The highest BCUT2D eigenvalue weighted by atomic mass is 16.2. The van der Waals surface area contributed by atoms with Gasteiger partial charge in [0, 0.05) is 25.7 Å². The Hall–Kier alpha value is -2.04. The van der Waals surface area contributed by atoms with Crippen molar-refractivity contribution < 1.29 is 9.59 Å². The summed E-state index contributed by atoms with van der Waals surface area (Å²) in [5, 5.41) is 2.83. The molecular weight excluding hydrogens is 302 g/mol. The molecule has 24 heavy (non-hydrogen) atoms. The van der Waals surface area contributed by atoms with E-state index in [1.165, 1.54) is 17.5 Å². The summed E-state index contributed by atoms with van der Waals surface area (Å²) in [4.78, 5) is 28.6. The zero-order chi connectivity index (χ0) is 16.9. The first kappa shape index (κ1) is 16.8. The second-order valence-corrected chi connectivity index (χ2v) is 6.74. The minimum absolute atomic E-state index is 0.00270. The van der Waals surface area contributed by atoms with Crippen LogP contribution in [0.1, 0.15) is 43.7 Å². The van der Waals surface area contributed by atoms with Crippen molar-refractivity contribution >= 4 is 11.9 Å². The van der Waals surface area contributed by atoms with Gasteiger partial charge in [0.05, 0.1) is 6.54 Å². The number of hydrogen-bond acceptors (Lipinski definition) is 2. The molecule has 2 aliphatic rings. The predicted molar refractivity (Wildman–Crippen MR) is 93.6 cm³/mol. The molecule has 0 aliphatic carbocycles. The van der Waals surface area contributed by atoms with Gasteiger partial charge in [-0.3, -0.25) is 4.79 Å². The van der Waals surface area contributed by atoms with Crippen LogP contribution in [0.25, 0.3) is 0 Å². The van der Waals surface area contributed by atoms with Crippen molar-refractivity contribution in [1.82, 2.24) is 15.1 Å². The lowest BCUT2D eigenvalue weighted by Crippen LogP contribution is -2.51. The molecule has 1 saturated heterocycles. The van der Waals surface area contributed by atoms with E-state index in [0.717, 1.165) is 38.8 Å². The molecule has 2 aliphatic heterocycles. The normalized spacial score (nSPS) is 20.5. The van der Waals surface area contributed by atoms with Crippen molar-refractivity contribution in [3.05, 3.63) is 35.4 Å². The lowest BCUT2D eigenvalue weighted by Gasteiger charge is -2.35. The summed E-state index contributed by atoms with van der Waals surface area (Å²) in [6.07, 6.45) is 5.18. The summed E-state index contributed by atoms with van der Waals surface area (Å²) in [6, 6.07) is 8.48. The minimum Gasteiger partial charge on any atom is -0.336 e. The molecule has 0 spiro atoms. The Morgan fingerprint density at radius 1 is 1.17 bits per heavy atom. The fraction of sp³-hybridized carbons (Fsp3) is 0.579. The Labute approximate surface area is 144 Å². The lowest BCUT2D eigenvalue weighted by atomic mass is 10.00. The average Bonchev–Trinajstić information content (AvgIpc) is 2.65. The summed E-state index contributed by atoms with van der Waals surface area (Å²) in [7, 11) is 0. The van der Waals surface area contributed by atoms with Gasteiger partial charge in [0.1, 0.15) is 0 Å². The Morgan fingerprint density at radius 2 is 1.96 bits per heavy atom. The van der Waals surface area contributed by atoms with Crippen LogP contribution in [-0.4, -0.2) is 47.4 Å². The predicted octanol–water partition coefficient (Wildman–Crippen LogP) is 2.55.